The smallest absolute Gasteiger partial charge is 0.269 e. The molecule has 0 fully saturated rings. The zero-order valence-electron chi connectivity index (χ0n) is 12.3. The number of hydrogen-bond donors (Lipinski definition) is 1. The fraction of sp³-hybridized carbons (Fsp3) is 0.357. The minimum Gasteiger partial charge on any atom is -0.388 e. The Labute approximate surface area is 127 Å². The average molecular weight is 306 g/mol. The number of hydrogen-bond acceptors (Lipinski definition) is 6. The number of nitro groups is 1. The standard InChI is InChI=1S/C14H18N4O2S/c1-10-16-12(9-21-10)8-17(3)7-11-6-13(18(19)20)4-5-14(11)15-2/h4-6,9,15H,7-8H2,1-3H3. The molecule has 7 heteroatoms. The summed E-state index contributed by atoms with van der Waals surface area (Å²) in [7, 11) is 3.79. The Morgan fingerprint density at radius 3 is 2.76 bits per heavy atom. The van der Waals surface area contributed by atoms with Gasteiger partial charge in [0.15, 0.2) is 0 Å². The van der Waals surface area contributed by atoms with Crippen LogP contribution in [0.25, 0.3) is 0 Å². The van der Waals surface area contributed by atoms with E-state index in [0.29, 0.717) is 6.54 Å². The van der Waals surface area contributed by atoms with Gasteiger partial charge in [-0.2, -0.15) is 0 Å². The summed E-state index contributed by atoms with van der Waals surface area (Å²) in [5.41, 5.74) is 2.95. The highest BCUT2D eigenvalue weighted by molar-refractivity contribution is 7.09. The monoisotopic (exact) mass is 306 g/mol. The first kappa shape index (κ1) is 15.4. The zero-order chi connectivity index (χ0) is 15.4. The number of aromatic nitrogens is 1. The van der Waals surface area contributed by atoms with Crippen molar-refractivity contribution in [3.63, 3.8) is 0 Å². The van der Waals surface area contributed by atoms with Crippen LogP contribution in [0.3, 0.4) is 0 Å². The van der Waals surface area contributed by atoms with Crippen LogP contribution in [0, 0.1) is 17.0 Å². The molecule has 1 N–H and O–H groups in total. The molecule has 112 valence electrons. The minimum absolute atomic E-state index is 0.113. The van der Waals surface area contributed by atoms with Crippen molar-refractivity contribution in [2.45, 2.75) is 20.0 Å². The van der Waals surface area contributed by atoms with E-state index in [1.165, 1.54) is 6.07 Å². The summed E-state index contributed by atoms with van der Waals surface area (Å²) in [6.07, 6.45) is 0. The maximum Gasteiger partial charge on any atom is 0.269 e. The lowest BCUT2D eigenvalue weighted by Gasteiger charge is -2.17. The van der Waals surface area contributed by atoms with E-state index in [-0.39, 0.29) is 10.6 Å². The minimum atomic E-state index is -0.368. The molecule has 0 aliphatic carbocycles. The van der Waals surface area contributed by atoms with Crippen LogP contribution >= 0.6 is 11.3 Å². The number of non-ortho nitro benzene ring substituents is 1. The van der Waals surface area contributed by atoms with E-state index >= 15 is 0 Å². The Morgan fingerprint density at radius 1 is 1.43 bits per heavy atom. The largest absolute Gasteiger partial charge is 0.388 e. The van der Waals surface area contributed by atoms with E-state index in [1.807, 2.05) is 26.4 Å². The summed E-state index contributed by atoms with van der Waals surface area (Å²) in [5, 5.41) is 17.1. The second-order valence-electron chi connectivity index (χ2n) is 4.88. The number of thiazole rings is 1. The topological polar surface area (TPSA) is 71.3 Å². The van der Waals surface area contributed by atoms with Gasteiger partial charge >= 0.3 is 0 Å². The van der Waals surface area contributed by atoms with Crippen molar-refractivity contribution in [2.24, 2.45) is 0 Å². The second-order valence-corrected chi connectivity index (χ2v) is 5.94. The third kappa shape index (κ3) is 3.99. The van der Waals surface area contributed by atoms with Gasteiger partial charge in [-0.25, -0.2) is 4.98 Å². The van der Waals surface area contributed by atoms with Crippen molar-refractivity contribution in [1.29, 1.82) is 0 Å². The molecule has 0 bridgehead atoms. The number of anilines is 1. The summed E-state index contributed by atoms with van der Waals surface area (Å²) in [4.78, 5) is 17.1. The molecule has 2 aromatic rings. The predicted molar refractivity (Wildman–Crippen MR) is 84.7 cm³/mol. The van der Waals surface area contributed by atoms with Crippen molar-refractivity contribution in [3.05, 3.63) is 50.0 Å². The predicted octanol–water partition coefficient (Wildman–Crippen LogP) is 3.03. The van der Waals surface area contributed by atoms with Crippen molar-refractivity contribution in [2.75, 3.05) is 19.4 Å². The van der Waals surface area contributed by atoms with Gasteiger partial charge in [-0.3, -0.25) is 15.0 Å². The Hall–Kier alpha value is -1.99. The number of rotatable bonds is 6. The lowest BCUT2D eigenvalue weighted by molar-refractivity contribution is -0.384. The molecule has 0 aliphatic heterocycles. The maximum absolute atomic E-state index is 10.9. The van der Waals surface area contributed by atoms with Crippen LogP contribution in [-0.2, 0) is 13.1 Å². The highest BCUT2D eigenvalue weighted by Gasteiger charge is 2.12. The quantitative estimate of drug-likeness (QED) is 0.656. The van der Waals surface area contributed by atoms with Crippen LogP contribution < -0.4 is 5.32 Å². The molecular formula is C14H18N4O2S. The van der Waals surface area contributed by atoms with Crippen LogP contribution in [0.1, 0.15) is 16.3 Å². The Kier molecular flexibility index (Phi) is 4.87. The molecule has 0 radical (unpaired) electrons. The van der Waals surface area contributed by atoms with Gasteiger partial charge < -0.3 is 5.32 Å². The number of nitrogens with one attached hydrogen (secondary N) is 1. The molecule has 0 atom stereocenters. The fourth-order valence-corrected chi connectivity index (χ4v) is 2.78. The van der Waals surface area contributed by atoms with Gasteiger partial charge in [0.25, 0.3) is 5.69 Å². The van der Waals surface area contributed by atoms with Crippen molar-refractivity contribution >= 4 is 22.7 Å². The number of nitrogens with zero attached hydrogens (tertiary/aromatic N) is 3. The van der Waals surface area contributed by atoms with Crippen LogP contribution in [-0.4, -0.2) is 28.9 Å². The maximum atomic E-state index is 10.9. The SMILES string of the molecule is CNc1ccc([N+](=O)[O-])cc1CN(C)Cc1csc(C)n1. The van der Waals surface area contributed by atoms with Crippen LogP contribution in [0.4, 0.5) is 11.4 Å². The number of benzene rings is 1. The van der Waals surface area contributed by atoms with Gasteiger partial charge in [0.1, 0.15) is 0 Å². The van der Waals surface area contributed by atoms with Gasteiger partial charge in [-0.05, 0) is 25.6 Å². The van der Waals surface area contributed by atoms with E-state index < -0.39 is 0 Å². The normalized spacial score (nSPS) is 10.9. The first-order chi connectivity index (χ1) is 9.99. The molecule has 0 spiro atoms. The second kappa shape index (κ2) is 6.64. The molecule has 0 amide bonds. The molecule has 1 aromatic carbocycles. The average Bonchev–Trinajstić information content (AvgIpc) is 2.83. The molecule has 1 heterocycles. The zero-order valence-corrected chi connectivity index (χ0v) is 13.1. The summed E-state index contributed by atoms with van der Waals surface area (Å²) < 4.78 is 0. The highest BCUT2D eigenvalue weighted by Crippen LogP contribution is 2.23. The molecule has 1 aromatic heterocycles. The first-order valence-electron chi connectivity index (χ1n) is 6.54. The van der Waals surface area contributed by atoms with E-state index in [0.717, 1.165) is 28.5 Å². The molecular weight excluding hydrogens is 288 g/mol. The van der Waals surface area contributed by atoms with E-state index in [9.17, 15) is 10.1 Å². The van der Waals surface area contributed by atoms with Gasteiger partial charge in [0, 0.05) is 43.3 Å². The molecule has 0 unspecified atom stereocenters. The molecule has 21 heavy (non-hydrogen) atoms. The van der Waals surface area contributed by atoms with E-state index in [4.69, 9.17) is 0 Å². The van der Waals surface area contributed by atoms with E-state index in [2.05, 4.69) is 15.2 Å². The Morgan fingerprint density at radius 2 is 2.19 bits per heavy atom. The van der Waals surface area contributed by atoms with Gasteiger partial charge in [-0.15, -0.1) is 11.3 Å². The van der Waals surface area contributed by atoms with E-state index in [1.54, 1.807) is 23.5 Å². The van der Waals surface area contributed by atoms with Crippen LogP contribution in [0.2, 0.25) is 0 Å². The fourth-order valence-electron chi connectivity index (χ4n) is 2.17. The molecule has 0 aliphatic rings. The third-order valence-corrected chi connectivity index (χ3v) is 3.93. The molecule has 0 saturated carbocycles. The number of nitro benzene ring substituents is 1. The number of aryl methyl sites for hydroxylation is 1. The lowest BCUT2D eigenvalue weighted by atomic mass is 10.1. The van der Waals surface area contributed by atoms with Gasteiger partial charge in [0.05, 0.1) is 15.6 Å². The molecule has 2 rings (SSSR count). The van der Waals surface area contributed by atoms with Gasteiger partial charge in [0.2, 0.25) is 0 Å². The van der Waals surface area contributed by atoms with Crippen LogP contribution in [0.5, 0.6) is 0 Å². The third-order valence-electron chi connectivity index (χ3n) is 3.11. The van der Waals surface area contributed by atoms with Crippen molar-refractivity contribution < 1.29 is 4.92 Å². The van der Waals surface area contributed by atoms with Crippen LogP contribution in [0.15, 0.2) is 23.6 Å². The first-order valence-corrected chi connectivity index (χ1v) is 7.42. The Balaban J connectivity index is 2.13. The van der Waals surface area contributed by atoms with Crippen molar-refractivity contribution in [3.8, 4) is 0 Å². The van der Waals surface area contributed by atoms with Gasteiger partial charge in [-0.1, -0.05) is 0 Å². The Bertz CT molecular complexity index is 642. The summed E-state index contributed by atoms with van der Waals surface area (Å²) in [6.45, 7) is 3.32. The summed E-state index contributed by atoms with van der Waals surface area (Å²) in [5.74, 6) is 0. The highest BCUT2D eigenvalue weighted by atomic mass is 32.1. The summed E-state index contributed by atoms with van der Waals surface area (Å²) in [6, 6.07) is 4.88. The summed E-state index contributed by atoms with van der Waals surface area (Å²) >= 11 is 1.63. The lowest BCUT2D eigenvalue weighted by Crippen LogP contribution is -2.18. The van der Waals surface area contributed by atoms with Crippen molar-refractivity contribution in [1.82, 2.24) is 9.88 Å². The molecule has 6 nitrogen and oxygen atoms in total. The molecule has 0 saturated heterocycles.